The quantitative estimate of drug-likeness (QED) is 0.202. The molecule has 17 heavy (non-hydrogen) atoms. The number of allylic oxidation sites excluding steroid dienone is 2. The fraction of sp³-hybridized carbons (Fsp3) is 0.571. The van der Waals surface area contributed by atoms with Crippen molar-refractivity contribution in [2.45, 2.75) is 45.4 Å². The standard InChI is InChI=1S/C14H21NO2/c1-3-5-6-7-8-9-11-17-14(16)13(12-15)10-4-2/h4,10H,2-3,5-9,11H2,1H3. The monoisotopic (exact) mass is 235 g/mol. The van der Waals surface area contributed by atoms with Crippen LogP contribution in [0.25, 0.3) is 0 Å². The minimum absolute atomic E-state index is 0.00554. The van der Waals surface area contributed by atoms with Crippen LogP contribution in [0.1, 0.15) is 45.4 Å². The molecule has 0 heterocycles. The van der Waals surface area contributed by atoms with Gasteiger partial charge in [-0.15, -0.1) is 0 Å². The third kappa shape index (κ3) is 8.27. The Hall–Kier alpha value is -1.56. The van der Waals surface area contributed by atoms with E-state index in [4.69, 9.17) is 10.00 Å². The van der Waals surface area contributed by atoms with Gasteiger partial charge in [0.1, 0.15) is 11.6 Å². The molecule has 0 N–H and O–H groups in total. The summed E-state index contributed by atoms with van der Waals surface area (Å²) in [6, 6.07) is 1.79. The van der Waals surface area contributed by atoms with Gasteiger partial charge >= 0.3 is 5.97 Å². The van der Waals surface area contributed by atoms with Gasteiger partial charge in [0.25, 0.3) is 0 Å². The molecule has 0 fully saturated rings. The molecule has 3 heteroatoms. The summed E-state index contributed by atoms with van der Waals surface area (Å²) in [6.45, 7) is 6.00. The second-order valence-electron chi connectivity index (χ2n) is 3.83. The van der Waals surface area contributed by atoms with Gasteiger partial charge in [0.2, 0.25) is 0 Å². The molecule has 0 spiro atoms. The normalized spacial score (nSPS) is 10.7. The predicted molar refractivity (Wildman–Crippen MR) is 68.2 cm³/mol. The number of nitriles is 1. The summed E-state index contributed by atoms with van der Waals surface area (Å²) in [6.07, 6.45) is 9.62. The molecule has 0 aromatic rings. The first-order valence-electron chi connectivity index (χ1n) is 6.16. The average Bonchev–Trinajstić information content (AvgIpc) is 2.34. The van der Waals surface area contributed by atoms with Crippen LogP contribution in [-0.4, -0.2) is 12.6 Å². The van der Waals surface area contributed by atoms with Crippen LogP contribution in [0.15, 0.2) is 24.3 Å². The molecule has 0 bridgehead atoms. The molecule has 0 aliphatic carbocycles. The van der Waals surface area contributed by atoms with E-state index in [2.05, 4.69) is 13.5 Å². The van der Waals surface area contributed by atoms with Crippen molar-refractivity contribution < 1.29 is 9.53 Å². The maximum absolute atomic E-state index is 11.3. The molecule has 0 rings (SSSR count). The highest BCUT2D eigenvalue weighted by atomic mass is 16.5. The molecular weight excluding hydrogens is 214 g/mol. The van der Waals surface area contributed by atoms with Crippen LogP contribution in [-0.2, 0) is 9.53 Å². The van der Waals surface area contributed by atoms with Crippen molar-refractivity contribution in [3.8, 4) is 6.07 Å². The molecule has 0 aromatic carbocycles. The second kappa shape index (κ2) is 10.9. The minimum atomic E-state index is -0.555. The van der Waals surface area contributed by atoms with Crippen LogP contribution in [0.3, 0.4) is 0 Å². The number of rotatable bonds is 9. The van der Waals surface area contributed by atoms with Gasteiger partial charge < -0.3 is 4.74 Å². The fourth-order valence-electron chi connectivity index (χ4n) is 1.39. The van der Waals surface area contributed by atoms with E-state index in [1.54, 1.807) is 6.07 Å². The Labute approximate surface area is 104 Å². The first-order valence-corrected chi connectivity index (χ1v) is 6.16. The van der Waals surface area contributed by atoms with E-state index in [0.717, 1.165) is 12.8 Å². The Balaban J connectivity index is 3.61. The summed E-state index contributed by atoms with van der Waals surface area (Å²) in [7, 11) is 0. The number of nitrogens with zero attached hydrogens (tertiary/aromatic N) is 1. The van der Waals surface area contributed by atoms with Gasteiger partial charge in [0.05, 0.1) is 6.61 Å². The zero-order valence-corrected chi connectivity index (χ0v) is 10.6. The number of hydrogen-bond acceptors (Lipinski definition) is 3. The summed E-state index contributed by atoms with van der Waals surface area (Å²) in [4.78, 5) is 11.3. The van der Waals surface area contributed by atoms with E-state index in [1.165, 1.54) is 37.8 Å². The van der Waals surface area contributed by atoms with E-state index >= 15 is 0 Å². The third-order valence-electron chi connectivity index (χ3n) is 2.36. The molecule has 0 aliphatic rings. The fourth-order valence-corrected chi connectivity index (χ4v) is 1.39. The second-order valence-corrected chi connectivity index (χ2v) is 3.83. The Morgan fingerprint density at radius 1 is 1.29 bits per heavy atom. The van der Waals surface area contributed by atoms with Gasteiger partial charge in [0.15, 0.2) is 0 Å². The third-order valence-corrected chi connectivity index (χ3v) is 2.36. The molecule has 0 aromatic heterocycles. The number of carbonyl (C=O) groups excluding carboxylic acids is 1. The van der Waals surface area contributed by atoms with Crippen LogP contribution in [0.4, 0.5) is 0 Å². The molecule has 0 radical (unpaired) electrons. The van der Waals surface area contributed by atoms with Gasteiger partial charge in [0, 0.05) is 0 Å². The molecule has 0 atom stereocenters. The van der Waals surface area contributed by atoms with Gasteiger partial charge in [-0.05, 0) is 12.5 Å². The van der Waals surface area contributed by atoms with Crippen LogP contribution < -0.4 is 0 Å². The molecule has 0 saturated heterocycles. The Morgan fingerprint density at radius 2 is 1.94 bits per heavy atom. The molecule has 0 saturated carbocycles. The molecule has 3 nitrogen and oxygen atoms in total. The highest BCUT2D eigenvalue weighted by Gasteiger charge is 2.08. The lowest BCUT2D eigenvalue weighted by atomic mass is 10.1. The molecule has 0 amide bonds. The number of ether oxygens (including phenoxy) is 1. The summed E-state index contributed by atoms with van der Waals surface area (Å²) in [5, 5.41) is 8.66. The molecule has 0 aliphatic heterocycles. The van der Waals surface area contributed by atoms with E-state index < -0.39 is 5.97 Å². The summed E-state index contributed by atoms with van der Waals surface area (Å²) >= 11 is 0. The summed E-state index contributed by atoms with van der Waals surface area (Å²) < 4.78 is 4.98. The van der Waals surface area contributed by atoms with Crippen molar-refractivity contribution in [3.05, 3.63) is 24.3 Å². The lowest BCUT2D eigenvalue weighted by Gasteiger charge is -2.03. The van der Waals surface area contributed by atoms with Crippen molar-refractivity contribution in [1.29, 1.82) is 5.26 Å². The predicted octanol–water partition coefficient (Wildman–Crippen LogP) is 3.53. The summed E-state index contributed by atoms with van der Waals surface area (Å²) in [5.41, 5.74) is 0.00554. The zero-order chi connectivity index (χ0) is 12.9. The van der Waals surface area contributed by atoms with E-state index in [9.17, 15) is 4.79 Å². The molecular formula is C14H21NO2. The van der Waals surface area contributed by atoms with Crippen molar-refractivity contribution in [2.75, 3.05) is 6.61 Å². The van der Waals surface area contributed by atoms with Crippen LogP contribution >= 0.6 is 0 Å². The van der Waals surface area contributed by atoms with Gasteiger partial charge in [-0.3, -0.25) is 0 Å². The maximum atomic E-state index is 11.3. The van der Waals surface area contributed by atoms with Crippen molar-refractivity contribution in [2.24, 2.45) is 0 Å². The first-order chi connectivity index (χ1) is 8.26. The van der Waals surface area contributed by atoms with E-state index in [-0.39, 0.29) is 5.57 Å². The Morgan fingerprint density at radius 3 is 2.53 bits per heavy atom. The highest BCUT2D eigenvalue weighted by Crippen LogP contribution is 2.05. The molecule has 0 unspecified atom stereocenters. The van der Waals surface area contributed by atoms with E-state index in [1.807, 2.05) is 0 Å². The largest absolute Gasteiger partial charge is 0.462 e. The topological polar surface area (TPSA) is 50.1 Å². The van der Waals surface area contributed by atoms with Crippen molar-refractivity contribution >= 4 is 5.97 Å². The maximum Gasteiger partial charge on any atom is 0.348 e. The minimum Gasteiger partial charge on any atom is -0.462 e. The van der Waals surface area contributed by atoms with Gasteiger partial charge in [-0.2, -0.15) is 5.26 Å². The first kappa shape index (κ1) is 15.4. The zero-order valence-electron chi connectivity index (χ0n) is 10.6. The van der Waals surface area contributed by atoms with Crippen LogP contribution in [0.5, 0.6) is 0 Å². The molecule has 94 valence electrons. The van der Waals surface area contributed by atoms with Gasteiger partial charge in [-0.25, -0.2) is 4.79 Å². The number of unbranched alkanes of at least 4 members (excludes halogenated alkanes) is 5. The smallest absolute Gasteiger partial charge is 0.348 e. The lowest BCUT2D eigenvalue weighted by molar-refractivity contribution is -0.138. The Bertz CT molecular complexity index is 300. The SMILES string of the molecule is C=CC=C(C#N)C(=O)OCCCCCCCC. The number of hydrogen-bond donors (Lipinski definition) is 0. The van der Waals surface area contributed by atoms with Crippen molar-refractivity contribution in [1.82, 2.24) is 0 Å². The summed E-state index contributed by atoms with van der Waals surface area (Å²) in [5.74, 6) is -0.555. The van der Waals surface area contributed by atoms with Gasteiger partial charge in [-0.1, -0.05) is 51.7 Å². The van der Waals surface area contributed by atoms with Crippen LogP contribution in [0, 0.1) is 11.3 Å². The van der Waals surface area contributed by atoms with Crippen molar-refractivity contribution in [3.63, 3.8) is 0 Å². The number of carbonyl (C=O) groups is 1. The Kier molecular flexibility index (Phi) is 9.94. The van der Waals surface area contributed by atoms with Crippen LogP contribution in [0.2, 0.25) is 0 Å². The number of esters is 1. The average molecular weight is 235 g/mol. The highest BCUT2D eigenvalue weighted by molar-refractivity contribution is 5.93. The van der Waals surface area contributed by atoms with E-state index in [0.29, 0.717) is 6.61 Å². The lowest BCUT2D eigenvalue weighted by Crippen LogP contribution is -2.07.